The van der Waals surface area contributed by atoms with Crippen molar-refractivity contribution in [2.45, 2.75) is 11.8 Å². The molecule has 32 heavy (non-hydrogen) atoms. The number of carbonyl (C=O) groups excluding carboxylic acids is 1. The lowest BCUT2D eigenvalue weighted by Crippen LogP contribution is -2.50. The Labute approximate surface area is 185 Å². The fourth-order valence-electron chi connectivity index (χ4n) is 3.94. The summed E-state index contributed by atoms with van der Waals surface area (Å²) in [6.07, 6.45) is 3.14. The summed E-state index contributed by atoms with van der Waals surface area (Å²) in [5.74, 6) is -0.248. The summed E-state index contributed by atoms with van der Waals surface area (Å²) in [5.41, 5.74) is 3.06. The van der Waals surface area contributed by atoms with Crippen LogP contribution in [0.25, 0.3) is 21.9 Å². The second-order valence-corrected chi connectivity index (χ2v) is 9.69. The largest absolute Gasteiger partial charge is 0.335 e. The molecule has 162 valence electrons. The van der Waals surface area contributed by atoms with E-state index in [-0.39, 0.29) is 42.7 Å². The first-order valence-electron chi connectivity index (χ1n) is 10.3. The van der Waals surface area contributed by atoms with Crippen LogP contribution in [0.15, 0.2) is 65.8 Å². The Hall–Kier alpha value is -3.43. The number of benzene rings is 2. The van der Waals surface area contributed by atoms with Gasteiger partial charge in [0.25, 0.3) is 5.91 Å². The normalized spacial score (nSPS) is 15.3. The topological polar surface area (TPSA) is 96.4 Å². The molecule has 0 bridgehead atoms. The maximum absolute atomic E-state index is 13.3. The average Bonchev–Trinajstić information content (AvgIpc) is 2.82. The van der Waals surface area contributed by atoms with Crippen molar-refractivity contribution in [1.82, 2.24) is 24.2 Å². The molecule has 0 unspecified atom stereocenters. The van der Waals surface area contributed by atoms with Gasteiger partial charge in [0.1, 0.15) is 10.6 Å². The van der Waals surface area contributed by atoms with Crippen LogP contribution in [0, 0.1) is 6.92 Å². The van der Waals surface area contributed by atoms with Crippen molar-refractivity contribution in [2.75, 3.05) is 26.2 Å². The molecule has 8 nitrogen and oxygen atoms in total. The fourth-order valence-corrected chi connectivity index (χ4v) is 5.53. The van der Waals surface area contributed by atoms with Crippen LogP contribution in [0.2, 0.25) is 0 Å². The molecule has 3 heterocycles. The lowest BCUT2D eigenvalue weighted by Gasteiger charge is -2.33. The van der Waals surface area contributed by atoms with Gasteiger partial charge in [-0.15, -0.1) is 0 Å². The van der Waals surface area contributed by atoms with Crippen molar-refractivity contribution < 1.29 is 13.2 Å². The number of carbonyl (C=O) groups is 1. The molecule has 1 amide bonds. The molecule has 0 N–H and O–H groups in total. The summed E-state index contributed by atoms with van der Waals surface area (Å²) in [6.45, 7) is 2.90. The summed E-state index contributed by atoms with van der Waals surface area (Å²) < 4.78 is 28.1. The van der Waals surface area contributed by atoms with Crippen LogP contribution in [0.4, 0.5) is 0 Å². The Morgan fingerprint density at radius 3 is 2.44 bits per heavy atom. The molecule has 9 heteroatoms. The molecule has 1 saturated heterocycles. The number of para-hydroxylation sites is 3. The lowest BCUT2D eigenvalue weighted by atomic mass is 10.2. The van der Waals surface area contributed by atoms with Gasteiger partial charge in [-0.25, -0.2) is 13.4 Å². The highest BCUT2D eigenvalue weighted by atomic mass is 32.2. The van der Waals surface area contributed by atoms with E-state index in [9.17, 15) is 13.2 Å². The van der Waals surface area contributed by atoms with E-state index in [1.807, 2.05) is 43.3 Å². The van der Waals surface area contributed by atoms with E-state index in [4.69, 9.17) is 0 Å². The number of piperazine rings is 1. The van der Waals surface area contributed by atoms with Gasteiger partial charge in [-0.05, 0) is 36.8 Å². The van der Waals surface area contributed by atoms with Crippen LogP contribution >= 0.6 is 0 Å². The molecule has 0 atom stereocenters. The molecule has 2 aromatic carbocycles. The number of aryl methyl sites for hydroxylation is 1. The minimum Gasteiger partial charge on any atom is -0.335 e. The van der Waals surface area contributed by atoms with Crippen molar-refractivity contribution in [2.24, 2.45) is 0 Å². The van der Waals surface area contributed by atoms with E-state index in [0.29, 0.717) is 11.0 Å². The zero-order valence-electron chi connectivity index (χ0n) is 17.5. The fraction of sp³-hybridized carbons (Fsp3) is 0.217. The quantitative estimate of drug-likeness (QED) is 0.479. The number of rotatable bonds is 3. The Morgan fingerprint density at radius 2 is 1.66 bits per heavy atom. The number of aromatic nitrogens is 3. The van der Waals surface area contributed by atoms with Gasteiger partial charge in [0.2, 0.25) is 10.0 Å². The zero-order chi connectivity index (χ0) is 22.3. The van der Waals surface area contributed by atoms with Gasteiger partial charge in [0.15, 0.2) is 0 Å². The summed E-state index contributed by atoms with van der Waals surface area (Å²) >= 11 is 0. The zero-order valence-corrected chi connectivity index (χ0v) is 18.3. The summed E-state index contributed by atoms with van der Waals surface area (Å²) in [5, 5.41) is 0.787. The smallest absolute Gasteiger partial charge is 0.274 e. The van der Waals surface area contributed by atoms with Gasteiger partial charge >= 0.3 is 0 Å². The summed E-state index contributed by atoms with van der Waals surface area (Å²) in [7, 11) is -3.74. The van der Waals surface area contributed by atoms with E-state index in [0.717, 1.165) is 16.5 Å². The van der Waals surface area contributed by atoms with Crippen LogP contribution in [0.1, 0.15) is 16.1 Å². The summed E-state index contributed by atoms with van der Waals surface area (Å²) in [6, 6.07) is 14.4. The number of hydrogen-bond donors (Lipinski definition) is 0. The SMILES string of the molecule is Cc1cnc2c(S(=O)(=O)N3CCN(C(=O)c4cnc5ccccc5n4)CC3)cccc2c1. The lowest BCUT2D eigenvalue weighted by molar-refractivity contribution is 0.0692. The first-order chi connectivity index (χ1) is 15.4. The molecule has 0 spiro atoms. The second-order valence-electron chi connectivity index (χ2n) is 7.78. The predicted octanol–water partition coefficient (Wildman–Crippen LogP) is 2.63. The van der Waals surface area contributed by atoms with Gasteiger partial charge < -0.3 is 4.90 Å². The predicted molar refractivity (Wildman–Crippen MR) is 121 cm³/mol. The minimum absolute atomic E-state index is 0.190. The van der Waals surface area contributed by atoms with E-state index >= 15 is 0 Å². The van der Waals surface area contributed by atoms with Crippen LogP contribution in [0.5, 0.6) is 0 Å². The number of amides is 1. The van der Waals surface area contributed by atoms with Gasteiger partial charge in [-0.2, -0.15) is 4.31 Å². The molecular weight excluding hydrogens is 426 g/mol. The van der Waals surface area contributed by atoms with Gasteiger partial charge in [0.05, 0.1) is 22.7 Å². The molecule has 4 aromatic rings. The summed E-state index contributed by atoms with van der Waals surface area (Å²) in [4.78, 5) is 27.8. The monoisotopic (exact) mass is 447 g/mol. The van der Waals surface area contributed by atoms with Crippen molar-refractivity contribution in [3.63, 3.8) is 0 Å². The van der Waals surface area contributed by atoms with E-state index in [2.05, 4.69) is 15.0 Å². The van der Waals surface area contributed by atoms with Crippen molar-refractivity contribution in [1.29, 1.82) is 0 Å². The molecule has 1 aliphatic heterocycles. The Balaban J connectivity index is 1.35. The van der Waals surface area contributed by atoms with Crippen LogP contribution in [0.3, 0.4) is 0 Å². The Bertz CT molecular complexity index is 1450. The molecule has 1 aliphatic rings. The third-order valence-corrected chi connectivity index (χ3v) is 7.55. The number of hydrogen-bond acceptors (Lipinski definition) is 6. The molecule has 2 aromatic heterocycles. The molecule has 0 radical (unpaired) electrons. The number of nitrogens with zero attached hydrogens (tertiary/aromatic N) is 5. The second kappa shape index (κ2) is 7.92. The highest BCUT2D eigenvalue weighted by molar-refractivity contribution is 7.89. The van der Waals surface area contributed by atoms with Crippen LogP contribution in [-0.4, -0.2) is 64.7 Å². The highest BCUT2D eigenvalue weighted by Crippen LogP contribution is 2.25. The van der Waals surface area contributed by atoms with E-state index < -0.39 is 10.0 Å². The molecule has 0 aliphatic carbocycles. The third kappa shape index (κ3) is 3.59. The third-order valence-electron chi connectivity index (χ3n) is 5.62. The highest BCUT2D eigenvalue weighted by Gasteiger charge is 2.32. The molecular formula is C23H21N5O3S. The molecule has 5 rings (SSSR count). The minimum atomic E-state index is -3.74. The van der Waals surface area contributed by atoms with Crippen LogP contribution in [-0.2, 0) is 10.0 Å². The van der Waals surface area contributed by atoms with Crippen molar-refractivity contribution in [3.8, 4) is 0 Å². The van der Waals surface area contributed by atoms with E-state index in [1.54, 1.807) is 23.2 Å². The maximum Gasteiger partial charge on any atom is 0.274 e. The molecule has 1 fully saturated rings. The first-order valence-corrected chi connectivity index (χ1v) is 11.7. The van der Waals surface area contributed by atoms with Gasteiger partial charge in [-0.3, -0.25) is 14.8 Å². The standard InChI is InChI=1S/C23H21N5O3S/c1-16-13-17-5-4-8-21(22(17)25-14-16)32(30,31)28-11-9-27(10-12-28)23(29)20-15-24-18-6-2-3-7-19(18)26-20/h2-8,13-15H,9-12H2,1H3. The maximum atomic E-state index is 13.3. The first kappa shape index (κ1) is 20.5. The number of pyridine rings is 1. The van der Waals surface area contributed by atoms with Gasteiger partial charge in [0, 0.05) is 37.8 Å². The van der Waals surface area contributed by atoms with E-state index in [1.165, 1.54) is 10.5 Å². The number of fused-ring (bicyclic) bond motifs is 2. The van der Waals surface area contributed by atoms with Crippen molar-refractivity contribution in [3.05, 3.63) is 72.2 Å². The van der Waals surface area contributed by atoms with Crippen molar-refractivity contribution >= 4 is 37.9 Å². The van der Waals surface area contributed by atoms with Crippen LogP contribution < -0.4 is 0 Å². The van der Waals surface area contributed by atoms with Gasteiger partial charge in [-0.1, -0.05) is 24.3 Å². The Kier molecular flexibility index (Phi) is 5.07. The Morgan fingerprint density at radius 1 is 0.906 bits per heavy atom. The molecule has 0 saturated carbocycles. The number of sulfonamides is 1. The average molecular weight is 448 g/mol.